The van der Waals surface area contributed by atoms with Crippen LogP contribution in [0.1, 0.15) is 22.3 Å². The van der Waals surface area contributed by atoms with E-state index in [4.69, 9.17) is 21.0 Å². The van der Waals surface area contributed by atoms with Crippen molar-refractivity contribution in [2.45, 2.75) is 11.3 Å². The number of hydrogen-bond acceptors (Lipinski definition) is 6. The number of ether oxygens (including phenoxy) is 1. The molecule has 0 bridgehead atoms. The highest BCUT2D eigenvalue weighted by atomic mass is 35.5. The Bertz CT molecular complexity index is 2270. The van der Waals surface area contributed by atoms with Crippen molar-refractivity contribution in [3.63, 3.8) is 0 Å². The smallest absolute Gasteiger partial charge is 0.337 e. The Hall–Kier alpha value is -5.06. The van der Waals surface area contributed by atoms with Gasteiger partial charge in [0.2, 0.25) is 0 Å². The minimum Gasteiger partial charge on any atom is -0.465 e. The molecule has 0 aliphatic carbocycles. The number of fused-ring (bicyclic) bond motifs is 2. The molecule has 0 atom stereocenters. The molecule has 0 radical (unpaired) electrons. The molecule has 0 saturated heterocycles. The molecule has 6 nitrogen and oxygen atoms in total. The Morgan fingerprint density at radius 3 is 2.43 bits per heavy atom. The van der Waals surface area contributed by atoms with Gasteiger partial charge in [0.1, 0.15) is 16.9 Å². The molecule has 46 heavy (non-hydrogen) atoms. The SMILES string of the molecule is COC(=O)c1ccc(-c2cccc(-c3c(-c4cccc5nonc45)c4cc(F)ccc4n3Sc3ccc(C(F)F)cc3)c2)c(Cl)c1. The topological polar surface area (TPSA) is 70.2 Å². The van der Waals surface area contributed by atoms with Crippen LogP contribution >= 0.6 is 23.5 Å². The molecule has 7 rings (SSSR count). The fourth-order valence-electron chi connectivity index (χ4n) is 5.48. The van der Waals surface area contributed by atoms with Crippen molar-refractivity contribution in [2.24, 2.45) is 0 Å². The van der Waals surface area contributed by atoms with Gasteiger partial charge in [-0.2, -0.15) is 0 Å². The lowest BCUT2D eigenvalue weighted by atomic mass is 9.95. The van der Waals surface area contributed by atoms with E-state index in [0.29, 0.717) is 59.8 Å². The van der Waals surface area contributed by atoms with Crippen LogP contribution in [0.2, 0.25) is 5.02 Å². The third-order valence-corrected chi connectivity index (χ3v) is 8.97. The molecule has 0 saturated carbocycles. The van der Waals surface area contributed by atoms with Gasteiger partial charge in [-0.05, 0) is 82.4 Å². The zero-order chi connectivity index (χ0) is 31.9. The Morgan fingerprint density at radius 1 is 0.891 bits per heavy atom. The Labute approximate surface area is 269 Å². The summed E-state index contributed by atoms with van der Waals surface area (Å²) in [6, 6.07) is 28.6. The minimum atomic E-state index is -2.59. The summed E-state index contributed by atoms with van der Waals surface area (Å²) in [5.74, 6) is -0.931. The van der Waals surface area contributed by atoms with Crippen LogP contribution in [0, 0.1) is 5.82 Å². The molecule has 11 heteroatoms. The number of benzene rings is 5. The largest absolute Gasteiger partial charge is 0.465 e. The number of esters is 1. The number of aromatic nitrogens is 3. The number of halogens is 4. The van der Waals surface area contributed by atoms with E-state index in [1.54, 1.807) is 42.5 Å². The number of nitrogens with zero attached hydrogens (tertiary/aromatic N) is 3. The third kappa shape index (κ3) is 5.29. The molecule has 5 aromatic carbocycles. The monoisotopic (exact) mass is 655 g/mol. The highest BCUT2D eigenvalue weighted by Crippen LogP contribution is 2.47. The van der Waals surface area contributed by atoms with E-state index >= 15 is 0 Å². The summed E-state index contributed by atoms with van der Waals surface area (Å²) >= 11 is 7.97. The van der Waals surface area contributed by atoms with Crippen molar-refractivity contribution in [1.29, 1.82) is 0 Å². The first-order valence-corrected chi connectivity index (χ1v) is 15.1. The highest BCUT2D eigenvalue weighted by molar-refractivity contribution is 7.98. The average Bonchev–Trinajstić information content (AvgIpc) is 3.67. The number of rotatable bonds is 7. The third-order valence-electron chi connectivity index (χ3n) is 7.61. The molecular formula is C35H21ClF3N3O3S. The van der Waals surface area contributed by atoms with Gasteiger partial charge in [-0.1, -0.05) is 60.1 Å². The second-order valence-corrected chi connectivity index (χ2v) is 11.8. The van der Waals surface area contributed by atoms with Gasteiger partial charge < -0.3 is 4.74 Å². The zero-order valence-corrected chi connectivity index (χ0v) is 25.5. The molecule has 0 aliphatic rings. The molecule has 0 aliphatic heterocycles. The lowest BCUT2D eigenvalue weighted by molar-refractivity contribution is 0.0600. The first-order chi connectivity index (χ1) is 22.3. The van der Waals surface area contributed by atoms with Crippen LogP contribution < -0.4 is 0 Å². The molecule has 7 aromatic rings. The summed E-state index contributed by atoms with van der Waals surface area (Å²) < 4.78 is 53.5. The van der Waals surface area contributed by atoms with E-state index < -0.39 is 18.2 Å². The van der Waals surface area contributed by atoms with Crippen molar-refractivity contribution in [1.82, 2.24) is 14.3 Å². The van der Waals surface area contributed by atoms with Crippen LogP contribution in [0.5, 0.6) is 0 Å². The molecule has 228 valence electrons. The van der Waals surface area contributed by atoms with Crippen LogP contribution in [-0.4, -0.2) is 27.4 Å². The zero-order valence-electron chi connectivity index (χ0n) is 23.9. The molecule has 0 amide bonds. The maximum Gasteiger partial charge on any atom is 0.337 e. The Balaban J connectivity index is 1.49. The van der Waals surface area contributed by atoms with E-state index in [2.05, 4.69) is 10.3 Å². The summed E-state index contributed by atoms with van der Waals surface area (Å²) in [7, 11) is 1.30. The second-order valence-electron chi connectivity index (χ2n) is 10.3. The van der Waals surface area contributed by atoms with E-state index in [-0.39, 0.29) is 5.56 Å². The normalized spacial score (nSPS) is 11.5. The lowest BCUT2D eigenvalue weighted by Crippen LogP contribution is -2.00. The maximum atomic E-state index is 14.9. The number of carbonyl (C=O) groups excluding carboxylic acids is 1. The summed E-state index contributed by atoms with van der Waals surface area (Å²) in [5, 5.41) is 9.13. The predicted octanol–water partition coefficient (Wildman–Crippen LogP) is 10.3. The number of carbonyl (C=O) groups is 1. The molecular weight excluding hydrogens is 635 g/mol. The van der Waals surface area contributed by atoms with Gasteiger partial charge in [0.15, 0.2) is 0 Å². The summed E-state index contributed by atoms with van der Waals surface area (Å²) in [6.07, 6.45) is -2.59. The van der Waals surface area contributed by atoms with Crippen LogP contribution in [0.3, 0.4) is 0 Å². The van der Waals surface area contributed by atoms with Crippen LogP contribution in [0.25, 0.3) is 55.4 Å². The van der Waals surface area contributed by atoms with Crippen molar-refractivity contribution in [3.8, 4) is 33.5 Å². The molecule has 0 unspecified atom stereocenters. The van der Waals surface area contributed by atoms with Crippen molar-refractivity contribution in [2.75, 3.05) is 7.11 Å². The van der Waals surface area contributed by atoms with Crippen LogP contribution in [0.4, 0.5) is 13.2 Å². The van der Waals surface area contributed by atoms with Gasteiger partial charge >= 0.3 is 5.97 Å². The maximum absolute atomic E-state index is 14.9. The molecule has 2 heterocycles. The van der Waals surface area contributed by atoms with Crippen molar-refractivity contribution >= 4 is 51.5 Å². The Morgan fingerprint density at radius 2 is 1.67 bits per heavy atom. The first-order valence-electron chi connectivity index (χ1n) is 13.9. The van der Waals surface area contributed by atoms with E-state index in [1.807, 2.05) is 40.4 Å². The summed E-state index contributed by atoms with van der Waals surface area (Å²) in [4.78, 5) is 12.8. The fraction of sp³-hybridized carbons (Fsp3) is 0.0571. The van der Waals surface area contributed by atoms with Crippen LogP contribution in [-0.2, 0) is 4.74 Å². The van der Waals surface area contributed by atoms with Gasteiger partial charge in [0.25, 0.3) is 6.43 Å². The number of alkyl halides is 2. The first kappa shape index (κ1) is 29.6. The number of methoxy groups -OCH3 is 1. The van der Waals surface area contributed by atoms with Crippen LogP contribution in [0.15, 0.2) is 113 Å². The number of hydrogen-bond donors (Lipinski definition) is 0. The summed E-state index contributed by atoms with van der Waals surface area (Å²) in [5.41, 5.74) is 6.19. The molecule has 2 aromatic heterocycles. The average molecular weight is 656 g/mol. The second kappa shape index (κ2) is 12.0. The molecule has 0 fully saturated rings. The van der Waals surface area contributed by atoms with E-state index in [1.165, 1.54) is 43.3 Å². The standard InChI is InChI=1S/C35H21ClF3N3O3S/c1-44-35(43)22-10-14-25(28(36)17-22)20-4-2-5-21(16-20)33-31(26-6-3-7-29-32(26)41-45-40-29)27-18-23(37)11-15-30(27)42(33)46-24-12-8-19(9-13-24)34(38)39/h2-18,34H,1H3. The minimum absolute atomic E-state index is 0.0855. The van der Waals surface area contributed by atoms with Gasteiger partial charge in [-0.3, -0.25) is 3.97 Å². The lowest BCUT2D eigenvalue weighted by Gasteiger charge is -2.14. The van der Waals surface area contributed by atoms with E-state index in [0.717, 1.165) is 11.1 Å². The summed E-state index contributed by atoms with van der Waals surface area (Å²) in [6.45, 7) is 0. The molecule has 0 N–H and O–H groups in total. The highest BCUT2D eigenvalue weighted by Gasteiger charge is 2.25. The Kier molecular flexibility index (Phi) is 7.75. The van der Waals surface area contributed by atoms with Gasteiger partial charge in [0, 0.05) is 43.1 Å². The van der Waals surface area contributed by atoms with Gasteiger partial charge in [0.05, 0.1) is 23.9 Å². The van der Waals surface area contributed by atoms with Crippen molar-refractivity contribution < 1.29 is 27.3 Å². The van der Waals surface area contributed by atoms with Gasteiger partial charge in [-0.15, -0.1) is 0 Å². The van der Waals surface area contributed by atoms with Crippen molar-refractivity contribution in [3.05, 3.63) is 125 Å². The quantitative estimate of drug-likeness (QED) is 0.159. The molecule has 0 spiro atoms. The predicted molar refractivity (Wildman–Crippen MR) is 173 cm³/mol. The van der Waals surface area contributed by atoms with Gasteiger partial charge in [-0.25, -0.2) is 22.6 Å². The fourth-order valence-corrected chi connectivity index (χ4v) is 6.78. The van der Waals surface area contributed by atoms with E-state index in [9.17, 15) is 18.0 Å².